The zero-order valence-electron chi connectivity index (χ0n) is 26.7. The number of amides is 2. The Bertz CT molecular complexity index is 1590. The van der Waals surface area contributed by atoms with Crippen LogP contribution < -0.4 is 15.5 Å². The molecule has 7 nitrogen and oxygen atoms in total. The second kappa shape index (κ2) is 11.9. The second-order valence-corrected chi connectivity index (χ2v) is 15.5. The van der Waals surface area contributed by atoms with Crippen molar-refractivity contribution in [2.75, 3.05) is 18.0 Å². The molecular weight excluding hydrogens is 593 g/mol. The number of anilines is 1. The predicted octanol–water partition coefficient (Wildman–Crippen LogP) is 7.43. The summed E-state index contributed by atoms with van der Waals surface area (Å²) in [6.07, 6.45) is 8.67. The van der Waals surface area contributed by atoms with Gasteiger partial charge in [0, 0.05) is 55.0 Å². The highest BCUT2D eigenvalue weighted by Crippen LogP contribution is 2.50. The van der Waals surface area contributed by atoms with Crippen molar-refractivity contribution < 1.29 is 9.59 Å². The van der Waals surface area contributed by atoms with Gasteiger partial charge in [-0.3, -0.25) is 9.59 Å². The van der Waals surface area contributed by atoms with Crippen LogP contribution in [0.1, 0.15) is 99.9 Å². The molecule has 0 atom stereocenters. The minimum absolute atomic E-state index is 0.000639. The summed E-state index contributed by atoms with van der Waals surface area (Å²) in [5, 5.41) is 7.43. The van der Waals surface area contributed by atoms with Crippen LogP contribution in [-0.4, -0.2) is 40.5 Å². The number of carbonyl (C=O) groups is 2. The molecule has 2 aromatic carbocycles. The summed E-state index contributed by atoms with van der Waals surface area (Å²) in [5.41, 5.74) is 5.00. The van der Waals surface area contributed by atoms with E-state index in [2.05, 4.69) is 33.1 Å². The zero-order valence-corrected chi connectivity index (χ0v) is 28.2. The van der Waals surface area contributed by atoms with Gasteiger partial charge in [-0.05, 0) is 73.8 Å². The molecule has 2 saturated carbocycles. The van der Waals surface area contributed by atoms with E-state index in [9.17, 15) is 9.59 Å². The van der Waals surface area contributed by atoms with Crippen LogP contribution in [0.15, 0.2) is 24.3 Å². The van der Waals surface area contributed by atoms with Crippen LogP contribution in [0.4, 0.5) is 5.69 Å². The summed E-state index contributed by atoms with van der Waals surface area (Å²) in [6, 6.07) is 8.04. The molecule has 3 fully saturated rings. The van der Waals surface area contributed by atoms with E-state index in [1.807, 2.05) is 46.0 Å². The maximum absolute atomic E-state index is 13.8. The summed E-state index contributed by atoms with van der Waals surface area (Å²) >= 11 is 13.6. The van der Waals surface area contributed by atoms with Gasteiger partial charge in [0.05, 0.1) is 27.3 Å². The van der Waals surface area contributed by atoms with E-state index in [0.717, 1.165) is 78.4 Å². The van der Waals surface area contributed by atoms with E-state index in [0.29, 0.717) is 34.0 Å². The van der Waals surface area contributed by atoms with E-state index in [-0.39, 0.29) is 17.9 Å². The fraction of sp³-hybridized carbons (Fsp3) is 0.571. The third-order valence-electron chi connectivity index (χ3n) is 10.2. The minimum atomic E-state index is -0.493. The molecule has 1 spiro atoms. The highest BCUT2D eigenvalue weighted by molar-refractivity contribution is 6.36. The van der Waals surface area contributed by atoms with Gasteiger partial charge in [-0.15, -0.1) is 0 Å². The van der Waals surface area contributed by atoms with Gasteiger partial charge in [-0.2, -0.15) is 0 Å². The number of benzene rings is 2. The van der Waals surface area contributed by atoms with Crippen LogP contribution >= 0.6 is 23.2 Å². The molecule has 0 bridgehead atoms. The topological polar surface area (TPSA) is 79.3 Å². The first-order valence-corrected chi connectivity index (χ1v) is 16.9. The SMILES string of the molecule is CC1CCC(NC(=O)c2cc3nc(Cc4c(Cl)ccc(CNC(=O)C(C)(C)C)c4Cl)n(C)c3cc2N2CC3(CCC3)C2)CC1. The molecule has 2 aliphatic carbocycles. The van der Waals surface area contributed by atoms with E-state index < -0.39 is 5.41 Å². The molecule has 1 aromatic heterocycles. The first-order valence-electron chi connectivity index (χ1n) is 16.1. The third kappa shape index (κ3) is 6.06. The fourth-order valence-corrected chi connectivity index (χ4v) is 7.59. The number of nitrogens with zero attached hydrogens (tertiary/aromatic N) is 3. The summed E-state index contributed by atoms with van der Waals surface area (Å²) in [7, 11) is 2.01. The van der Waals surface area contributed by atoms with Crippen LogP contribution in [0, 0.1) is 16.7 Å². The first-order chi connectivity index (χ1) is 20.8. The zero-order chi connectivity index (χ0) is 31.4. The average molecular weight is 639 g/mol. The number of aromatic nitrogens is 2. The number of aryl methyl sites for hydroxylation is 1. The van der Waals surface area contributed by atoms with Gasteiger partial charge in [0.1, 0.15) is 5.82 Å². The van der Waals surface area contributed by atoms with Crippen molar-refractivity contribution in [2.45, 2.75) is 91.6 Å². The monoisotopic (exact) mass is 637 g/mol. The summed E-state index contributed by atoms with van der Waals surface area (Å²) < 4.78 is 2.09. The molecule has 9 heteroatoms. The number of imidazole rings is 1. The number of carbonyl (C=O) groups excluding carboxylic acids is 2. The summed E-state index contributed by atoms with van der Waals surface area (Å²) in [5.74, 6) is 1.49. The van der Waals surface area contributed by atoms with Gasteiger partial charge in [0.15, 0.2) is 0 Å². The Morgan fingerprint density at radius 2 is 1.77 bits per heavy atom. The highest BCUT2D eigenvalue weighted by atomic mass is 35.5. The lowest BCUT2D eigenvalue weighted by Crippen LogP contribution is -2.60. The lowest BCUT2D eigenvalue weighted by atomic mass is 9.63. The number of hydrogen-bond acceptors (Lipinski definition) is 4. The molecule has 1 saturated heterocycles. The Balaban J connectivity index is 1.29. The predicted molar refractivity (Wildman–Crippen MR) is 179 cm³/mol. The average Bonchev–Trinajstić information content (AvgIpc) is 3.23. The molecular formula is C35H45Cl2N5O2. The molecule has 3 aromatic rings. The van der Waals surface area contributed by atoms with Crippen LogP contribution in [0.2, 0.25) is 10.0 Å². The number of halogens is 2. The maximum atomic E-state index is 13.8. The highest BCUT2D eigenvalue weighted by Gasteiger charge is 2.48. The van der Waals surface area contributed by atoms with Crippen molar-refractivity contribution in [1.29, 1.82) is 0 Å². The number of rotatable bonds is 7. The first kappa shape index (κ1) is 31.2. The quantitative estimate of drug-likeness (QED) is 0.282. The molecule has 2 amide bonds. The molecule has 3 aliphatic rings. The van der Waals surface area contributed by atoms with Crippen molar-refractivity contribution in [3.8, 4) is 0 Å². The molecule has 236 valence electrons. The number of nitrogens with one attached hydrogen (secondary N) is 2. The van der Waals surface area contributed by atoms with Crippen LogP contribution in [0.5, 0.6) is 0 Å². The second-order valence-electron chi connectivity index (χ2n) is 14.7. The van der Waals surface area contributed by atoms with Crippen LogP contribution in [-0.2, 0) is 24.8 Å². The molecule has 2 N–H and O–H groups in total. The largest absolute Gasteiger partial charge is 0.370 e. The Labute approximate surface area is 271 Å². The molecule has 44 heavy (non-hydrogen) atoms. The molecule has 6 rings (SSSR count). The van der Waals surface area contributed by atoms with Crippen molar-refractivity contribution in [2.24, 2.45) is 23.8 Å². The Morgan fingerprint density at radius 3 is 2.41 bits per heavy atom. The molecule has 0 unspecified atom stereocenters. The molecule has 0 radical (unpaired) electrons. The van der Waals surface area contributed by atoms with E-state index in [1.165, 1.54) is 19.3 Å². The van der Waals surface area contributed by atoms with Gasteiger partial charge in [0.2, 0.25) is 5.91 Å². The third-order valence-corrected chi connectivity index (χ3v) is 11.0. The van der Waals surface area contributed by atoms with E-state index in [4.69, 9.17) is 28.2 Å². The molecule has 1 aliphatic heterocycles. The van der Waals surface area contributed by atoms with Crippen molar-refractivity contribution >= 4 is 51.7 Å². The number of hydrogen-bond donors (Lipinski definition) is 2. The Morgan fingerprint density at radius 1 is 1.07 bits per heavy atom. The van der Waals surface area contributed by atoms with Crippen molar-refractivity contribution in [3.05, 3.63) is 56.8 Å². The van der Waals surface area contributed by atoms with Gasteiger partial charge >= 0.3 is 0 Å². The van der Waals surface area contributed by atoms with Crippen molar-refractivity contribution in [1.82, 2.24) is 20.2 Å². The van der Waals surface area contributed by atoms with Gasteiger partial charge in [-0.25, -0.2) is 4.98 Å². The number of fused-ring (bicyclic) bond motifs is 1. The summed E-state index contributed by atoms with van der Waals surface area (Å²) in [6.45, 7) is 10.3. The van der Waals surface area contributed by atoms with Gasteiger partial charge in [-0.1, -0.05) is 63.4 Å². The van der Waals surface area contributed by atoms with Gasteiger partial charge in [0.25, 0.3) is 5.91 Å². The standard InChI is InChI=1S/C35H45Cl2N5O2/c1-21-7-10-23(11-8-21)39-32(43)25-15-27-29(17-28(25)42-19-35(20-42)13-6-14-35)41(5)30(40-27)16-24-26(36)12-9-22(31(24)37)18-38-33(44)34(2,3)4/h9,12,15,17,21,23H,6-8,10-11,13-14,16,18-20H2,1-5H3,(H,38,44)(H,39,43). The van der Waals surface area contributed by atoms with E-state index in [1.54, 1.807) is 0 Å². The Kier molecular flexibility index (Phi) is 8.42. The maximum Gasteiger partial charge on any atom is 0.253 e. The van der Waals surface area contributed by atoms with Crippen molar-refractivity contribution in [3.63, 3.8) is 0 Å². The molecule has 2 heterocycles. The summed E-state index contributed by atoms with van der Waals surface area (Å²) in [4.78, 5) is 33.6. The normalized spacial score (nSPS) is 21.2. The lowest BCUT2D eigenvalue weighted by molar-refractivity contribution is -0.128. The lowest BCUT2D eigenvalue weighted by Gasteiger charge is -2.57. The fourth-order valence-electron chi connectivity index (χ4n) is 7.02. The minimum Gasteiger partial charge on any atom is -0.370 e. The van der Waals surface area contributed by atoms with Gasteiger partial charge < -0.3 is 20.1 Å². The smallest absolute Gasteiger partial charge is 0.253 e. The van der Waals surface area contributed by atoms with Crippen LogP contribution in [0.3, 0.4) is 0 Å². The van der Waals surface area contributed by atoms with E-state index >= 15 is 0 Å². The Hall–Kier alpha value is -2.77. The van der Waals surface area contributed by atoms with Crippen LogP contribution in [0.25, 0.3) is 11.0 Å².